The summed E-state index contributed by atoms with van der Waals surface area (Å²) in [7, 11) is 0. The van der Waals surface area contributed by atoms with E-state index in [1.165, 1.54) is 0 Å². The average Bonchev–Trinajstić information content (AvgIpc) is 3.01. The van der Waals surface area contributed by atoms with Crippen LogP contribution in [0, 0.1) is 0 Å². The number of aliphatic hydroxyl groups is 1. The molecule has 112 valence electrons. The highest BCUT2D eigenvalue weighted by Gasteiger charge is 2.20. The van der Waals surface area contributed by atoms with E-state index in [2.05, 4.69) is 4.90 Å². The number of fused-ring (bicyclic) bond motifs is 1. The van der Waals surface area contributed by atoms with E-state index in [1.54, 1.807) is 6.26 Å². The number of hydrogen-bond acceptors (Lipinski definition) is 5. The van der Waals surface area contributed by atoms with E-state index in [9.17, 15) is 5.11 Å². The third-order valence-electron chi connectivity index (χ3n) is 3.39. The second kappa shape index (κ2) is 6.65. The monoisotopic (exact) mass is 289 g/mol. The topological polar surface area (TPSA) is 55.1 Å². The maximum absolute atomic E-state index is 10.1. The van der Waals surface area contributed by atoms with Gasteiger partial charge in [-0.1, -0.05) is 12.1 Å². The number of hydrogen-bond donors (Lipinski definition) is 1. The molecule has 0 spiro atoms. The molecular formula is C16H19NO4. The summed E-state index contributed by atoms with van der Waals surface area (Å²) in [5.41, 5.74) is 1.02. The molecule has 1 atom stereocenters. The van der Waals surface area contributed by atoms with Crippen LogP contribution >= 0.6 is 0 Å². The number of aliphatic hydroxyl groups excluding tert-OH is 1. The summed E-state index contributed by atoms with van der Waals surface area (Å²) in [5, 5.41) is 10.1. The Morgan fingerprint density at radius 1 is 1.24 bits per heavy atom. The molecule has 0 fully saturated rings. The molecule has 1 aliphatic heterocycles. The lowest BCUT2D eigenvalue weighted by atomic mass is 10.2. The van der Waals surface area contributed by atoms with Crippen LogP contribution in [0.3, 0.4) is 0 Å². The van der Waals surface area contributed by atoms with Crippen molar-refractivity contribution in [3.8, 4) is 5.75 Å². The van der Waals surface area contributed by atoms with Crippen molar-refractivity contribution in [2.24, 2.45) is 0 Å². The maximum Gasteiger partial charge on any atom is 0.142 e. The van der Waals surface area contributed by atoms with Gasteiger partial charge in [-0.2, -0.15) is 0 Å². The molecular weight excluding hydrogens is 270 g/mol. The highest BCUT2D eigenvalue weighted by Crippen LogP contribution is 2.30. The molecule has 1 aromatic carbocycles. The van der Waals surface area contributed by atoms with E-state index in [-0.39, 0.29) is 6.61 Å². The van der Waals surface area contributed by atoms with Crippen molar-refractivity contribution in [1.82, 2.24) is 0 Å². The lowest BCUT2D eigenvalue weighted by Gasteiger charge is -2.32. The van der Waals surface area contributed by atoms with Crippen LogP contribution in [0.4, 0.5) is 5.69 Å². The molecule has 0 saturated carbocycles. The molecule has 5 heteroatoms. The number of anilines is 1. The zero-order chi connectivity index (χ0) is 14.5. The minimum Gasteiger partial charge on any atom is -0.490 e. The Morgan fingerprint density at radius 3 is 3.00 bits per heavy atom. The van der Waals surface area contributed by atoms with Gasteiger partial charge in [-0.25, -0.2) is 0 Å². The molecule has 0 radical (unpaired) electrons. The third-order valence-corrected chi connectivity index (χ3v) is 3.39. The summed E-state index contributed by atoms with van der Waals surface area (Å²) >= 11 is 0. The minimum absolute atomic E-state index is 0.278. The van der Waals surface area contributed by atoms with Crippen molar-refractivity contribution in [2.45, 2.75) is 12.7 Å². The molecule has 2 aromatic rings. The van der Waals surface area contributed by atoms with Crippen molar-refractivity contribution >= 4 is 5.69 Å². The van der Waals surface area contributed by atoms with E-state index in [0.717, 1.165) is 23.7 Å². The number of para-hydroxylation sites is 2. The Bertz CT molecular complexity index is 555. The van der Waals surface area contributed by atoms with Gasteiger partial charge >= 0.3 is 0 Å². The molecule has 1 aromatic heterocycles. The van der Waals surface area contributed by atoms with Crippen LogP contribution in [0.5, 0.6) is 5.75 Å². The fraction of sp³-hybridized carbons (Fsp3) is 0.375. The van der Waals surface area contributed by atoms with E-state index in [1.807, 2.05) is 36.4 Å². The summed E-state index contributed by atoms with van der Waals surface area (Å²) in [6.45, 7) is 2.59. The number of furan rings is 1. The van der Waals surface area contributed by atoms with Gasteiger partial charge in [0, 0.05) is 6.54 Å². The zero-order valence-electron chi connectivity index (χ0n) is 11.8. The van der Waals surface area contributed by atoms with Gasteiger partial charge in [0.15, 0.2) is 0 Å². The van der Waals surface area contributed by atoms with Gasteiger partial charge in [0.2, 0.25) is 0 Å². The van der Waals surface area contributed by atoms with Crippen molar-refractivity contribution < 1.29 is 19.0 Å². The van der Waals surface area contributed by atoms with Crippen molar-refractivity contribution in [3.63, 3.8) is 0 Å². The van der Waals surface area contributed by atoms with Crippen LogP contribution in [0.25, 0.3) is 0 Å². The zero-order valence-corrected chi connectivity index (χ0v) is 11.8. The van der Waals surface area contributed by atoms with Gasteiger partial charge in [-0.15, -0.1) is 0 Å². The molecule has 1 unspecified atom stereocenters. The first-order valence-electron chi connectivity index (χ1n) is 7.08. The van der Waals surface area contributed by atoms with E-state index in [4.69, 9.17) is 13.9 Å². The van der Waals surface area contributed by atoms with Crippen LogP contribution in [0.2, 0.25) is 0 Å². The van der Waals surface area contributed by atoms with Gasteiger partial charge < -0.3 is 23.9 Å². The second-order valence-corrected chi connectivity index (χ2v) is 5.01. The summed E-state index contributed by atoms with van der Waals surface area (Å²) < 4.78 is 16.2. The standard InChI is InChI=1S/C16H19NO4/c18-13(11-19-12-14-4-3-8-20-14)10-17-7-9-21-16-6-2-1-5-15(16)17/h1-6,8,13,18H,7,9-12H2. The minimum atomic E-state index is -0.550. The number of nitrogens with zero attached hydrogens (tertiary/aromatic N) is 1. The lowest BCUT2D eigenvalue weighted by Crippen LogP contribution is -2.39. The predicted molar refractivity (Wildman–Crippen MR) is 78.5 cm³/mol. The van der Waals surface area contributed by atoms with E-state index < -0.39 is 6.10 Å². The number of β-amino-alcohol motifs (C(OH)–C–C–N with tert-alkyl or cyclic N) is 1. The SMILES string of the molecule is OC(COCc1ccco1)CN1CCOc2ccccc21. The lowest BCUT2D eigenvalue weighted by molar-refractivity contribution is 0.0251. The van der Waals surface area contributed by atoms with Gasteiger partial charge in [-0.05, 0) is 24.3 Å². The number of benzene rings is 1. The molecule has 21 heavy (non-hydrogen) atoms. The van der Waals surface area contributed by atoms with E-state index in [0.29, 0.717) is 19.8 Å². The highest BCUT2D eigenvalue weighted by atomic mass is 16.5. The first-order valence-corrected chi connectivity index (χ1v) is 7.08. The third kappa shape index (κ3) is 3.56. The molecule has 0 bridgehead atoms. The molecule has 1 N–H and O–H groups in total. The van der Waals surface area contributed by atoms with Gasteiger partial charge in [-0.3, -0.25) is 0 Å². The predicted octanol–water partition coefficient (Wildman–Crippen LogP) is 2.06. The summed E-state index contributed by atoms with van der Waals surface area (Å²) in [5.74, 6) is 1.63. The first kappa shape index (κ1) is 14.0. The first-order chi connectivity index (χ1) is 10.3. The Hall–Kier alpha value is -1.98. The van der Waals surface area contributed by atoms with Crippen LogP contribution in [-0.4, -0.2) is 37.5 Å². The highest BCUT2D eigenvalue weighted by molar-refractivity contribution is 5.59. The Balaban J connectivity index is 1.50. The van der Waals surface area contributed by atoms with Crippen LogP contribution in [-0.2, 0) is 11.3 Å². The summed E-state index contributed by atoms with van der Waals surface area (Å²) in [6.07, 6.45) is 1.06. The fourth-order valence-corrected chi connectivity index (χ4v) is 2.41. The molecule has 0 aliphatic carbocycles. The van der Waals surface area contributed by atoms with Crippen molar-refractivity contribution in [2.75, 3.05) is 31.2 Å². The molecule has 0 saturated heterocycles. The van der Waals surface area contributed by atoms with Crippen molar-refractivity contribution in [3.05, 3.63) is 48.4 Å². The Kier molecular flexibility index (Phi) is 4.43. The van der Waals surface area contributed by atoms with Crippen molar-refractivity contribution in [1.29, 1.82) is 0 Å². The number of rotatable bonds is 6. The van der Waals surface area contributed by atoms with E-state index >= 15 is 0 Å². The van der Waals surface area contributed by atoms with Crippen LogP contribution in [0.15, 0.2) is 47.1 Å². The average molecular weight is 289 g/mol. The molecule has 5 nitrogen and oxygen atoms in total. The molecule has 3 rings (SSSR count). The van der Waals surface area contributed by atoms with Crippen LogP contribution in [0.1, 0.15) is 5.76 Å². The quantitative estimate of drug-likeness (QED) is 0.882. The Labute approximate surface area is 123 Å². The maximum atomic E-state index is 10.1. The largest absolute Gasteiger partial charge is 0.490 e. The van der Waals surface area contributed by atoms with Gasteiger partial charge in [0.05, 0.1) is 31.2 Å². The molecule has 1 aliphatic rings. The molecule has 2 heterocycles. The summed E-state index contributed by atoms with van der Waals surface area (Å²) in [4.78, 5) is 2.12. The smallest absolute Gasteiger partial charge is 0.142 e. The van der Waals surface area contributed by atoms with Crippen LogP contribution < -0.4 is 9.64 Å². The van der Waals surface area contributed by atoms with Gasteiger partial charge in [0.1, 0.15) is 24.7 Å². The molecule has 0 amide bonds. The fourth-order valence-electron chi connectivity index (χ4n) is 2.41. The van der Waals surface area contributed by atoms with Gasteiger partial charge in [0.25, 0.3) is 0 Å². The normalized spacial score (nSPS) is 15.4. The second-order valence-electron chi connectivity index (χ2n) is 5.01. The Morgan fingerprint density at radius 2 is 2.14 bits per heavy atom. The number of ether oxygens (including phenoxy) is 2. The summed E-state index contributed by atoms with van der Waals surface area (Å²) in [6, 6.07) is 11.5.